The Morgan fingerprint density at radius 2 is 1.93 bits per heavy atom. The summed E-state index contributed by atoms with van der Waals surface area (Å²) in [7, 11) is 0. The molecule has 2 aromatic carbocycles. The van der Waals surface area contributed by atoms with E-state index in [2.05, 4.69) is 24.4 Å². The molecule has 4 nitrogen and oxygen atoms in total. The molecule has 1 aliphatic rings. The molecule has 1 saturated heterocycles. The van der Waals surface area contributed by atoms with Crippen LogP contribution >= 0.6 is 23.2 Å². The van der Waals surface area contributed by atoms with Crippen LogP contribution in [0.25, 0.3) is 0 Å². The predicted octanol–water partition coefficient (Wildman–Crippen LogP) is 4.91. The highest BCUT2D eigenvalue weighted by Gasteiger charge is 2.34. The second-order valence-corrected chi connectivity index (χ2v) is 7.87. The molecule has 2 amide bonds. The molecule has 0 radical (unpaired) electrons. The average molecular weight is 419 g/mol. The number of benzene rings is 2. The Balaban J connectivity index is 1.65. The summed E-state index contributed by atoms with van der Waals surface area (Å²) in [4.78, 5) is 27.1. The van der Waals surface area contributed by atoms with E-state index in [0.717, 1.165) is 25.8 Å². The van der Waals surface area contributed by atoms with Gasteiger partial charge in [-0.3, -0.25) is 9.59 Å². The van der Waals surface area contributed by atoms with Crippen molar-refractivity contribution in [1.29, 1.82) is 0 Å². The van der Waals surface area contributed by atoms with Gasteiger partial charge in [0.1, 0.15) is 0 Å². The van der Waals surface area contributed by atoms with Gasteiger partial charge in [-0.1, -0.05) is 60.5 Å². The van der Waals surface area contributed by atoms with Crippen molar-refractivity contribution in [3.05, 3.63) is 69.7 Å². The van der Waals surface area contributed by atoms with Gasteiger partial charge in [0.2, 0.25) is 5.91 Å². The standard InChI is InChI=1S/C22H24Cl2N2O2/c1-2-17(15-7-4-3-5-8-15)20-9-6-12-26(20)21(27)14-25-22(28)18-11-10-16(23)13-19(18)24/h3-5,7-8,10-11,13,17,20H,2,6,9,12,14H2,1H3,(H,25,28)/t17-,20+/m1/s1. The Bertz CT molecular complexity index is 842. The van der Waals surface area contributed by atoms with Gasteiger partial charge in [-0.05, 0) is 43.0 Å². The number of hydrogen-bond donors (Lipinski definition) is 1. The molecule has 0 saturated carbocycles. The molecule has 0 bridgehead atoms. The molecule has 0 aliphatic carbocycles. The second-order valence-electron chi connectivity index (χ2n) is 7.03. The molecule has 2 aromatic rings. The maximum Gasteiger partial charge on any atom is 0.253 e. The maximum atomic E-state index is 12.8. The SMILES string of the molecule is CC[C@H](c1ccccc1)[C@@H]1CCCN1C(=O)CNC(=O)c1ccc(Cl)cc1Cl. The highest BCUT2D eigenvalue weighted by atomic mass is 35.5. The quantitative estimate of drug-likeness (QED) is 0.724. The molecule has 1 aliphatic heterocycles. The van der Waals surface area contributed by atoms with Crippen molar-refractivity contribution in [2.75, 3.05) is 13.1 Å². The molecular weight excluding hydrogens is 395 g/mol. The van der Waals surface area contributed by atoms with Crippen LogP contribution in [0.5, 0.6) is 0 Å². The number of carbonyl (C=O) groups excluding carboxylic acids is 2. The minimum absolute atomic E-state index is 0.0422. The number of nitrogens with zero attached hydrogens (tertiary/aromatic N) is 1. The molecule has 28 heavy (non-hydrogen) atoms. The number of halogens is 2. The van der Waals surface area contributed by atoms with E-state index in [9.17, 15) is 9.59 Å². The van der Waals surface area contributed by atoms with E-state index in [0.29, 0.717) is 16.5 Å². The number of amides is 2. The Kier molecular flexibility index (Phi) is 6.97. The van der Waals surface area contributed by atoms with Gasteiger partial charge in [0.05, 0.1) is 17.1 Å². The molecule has 148 valence electrons. The smallest absolute Gasteiger partial charge is 0.253 e. The lowest BCUT2D eigenvalue weighted by molar-refractivity contribution is -0.131. The van der Waals surface area contributed by atoms with Gasteiger partial charge < -0.3 is 10.2 Å². The van der Waals surface area contributed by atoms with Crippen molar-refractivity contribution < 1.29 is 9.59 Å². The van der Waals surface area contributed by atoms with Crippen LogP contribution in [-0.4, -0.2) is 35.8 Å². The highest BCUT2D eigenvalue weighted by Crippen LogP contribution is 2.33. The molecule has 2 atom stereocenters. The third-order valence-corrected chi connectivity index (χ3v) is 5.88. The lowest BCUT2D eigenvalue weighted by Gasteiger charge is -2.31. The monoisotopic (exact) mass is 418 g/mol. The minimum atomic E-state index is -0.374. The third kappa shape index (κ3) is 4.68. The van der Waals surface area contributed by atoms with E-state index >= 15 is 0 Å². The van der Waals surface area contributed by atoms with E-state index in [1.807, 2.05) is 23.1 Å². The van der Waals surface area contributed by atoms with Crippen LogP contribution < -0.4 is 5.32 Å². The number of nitrogens with one attached hydrogen (secondary N) is 1. The van der Waals surface area contributed by atoms with Crippen LogP contribution in [0.15, 0.2) is 48.5 Å². The van der Waals surface area contributed by atoms with Crippen molar-refractivity contribution in [2.24, 2.45) is 0 Å². The first-order valence-corrected chi connectivity index (χ1v) is 10.3. The summed E-state index contributed by atoms with van der Waals surface area (Å²) in [5.41, 5.74) is 1.57. The normalized spacial score (nSPS) is 17.4. The topological polar surface area (TPSA) is 49.4 Å². The van der Waals surface area contributed by atoms with Crippen LogP contribution in [0, 0.1) is 0 Å². The number of rotatable bonds is 6. The molecule has 3 rings (SSSR count). The first-order valence-electron chi connectivity index (χ1n) is 9.59. The van der Waals surface area contributed by atoms with E-state index in [4.69, 9.17) is 23.2 Å². The lowest BCUT2D eigenvalue weighted by Crippen LogP contribution is -2.44. The Hall–Kier alpha value is -2.04. The Morgan fingerprint density at radius 3 is 2.61 bits per heavy atom. The number of carbonyl (C=O) groups is 2. The van der Waals surface area contributed by atoms with Crippen LogP contribution in [-0.2, 0) is 4.79 Å². The van der Waals surface area contributed by atoms with Crippen molar-refractivity contribution in [2.45, 2.75) is 38.1 Å². The summed E-state index contributed by atoms with van der Waals surface area (Å²) >= 11 is 11.9. The van der Waals surface area contributed by atoms with Gasteiger partial charge in [-0.25, -0.2) is 0 Å². The van der Waals surface area contributed by atoms with Crippen LogP contribution in [0.4, 0.5) is 0 Å². The highest BCUT2D eigenvalue weighted by molar-refractivity contribution is 6.36. The van der Waals surface area contributed by atoms with Gasteiger partial charge >= 0.3 is 0 Å². The Labute approximate surface area is 175 Å². The maximum absolute atomic E-state index is 12.8. The molecule has 6 heteroatoms. The van der Waals surface area contributed by atoms with Gasteiger partial charge in [0.25, 0.3) is 5.91 Å². The zero-order valence-corrected chi connectivity index (χ0v) is 17.3. The average Bonchev–Trinajstić information content (AvgIpc) is 3.17. The summed E-state index contributed by atoms with van der Waals surface area (Å²) in [5.74, 6) is -0.134. The van der Waals surface area contributed by atoms with Crippen molar-refractivity contribution in [1.82, 2.24) is 10.2 Å². The molecule has 1 N–H and O–H groups in total. The summed E-state index contributed by atoms with van der Waals surface area (Å²) in [5, 5.41) is 3.43. The summed E-state index contributed by atoms with van der Waals surface area (Å²) in [6.07, 6.45) is 2.93. The summed E-state index contributed by atoms with van der Waals surface area (Å²) < 4.78 is 0. The minimum Gasteiger partial charge on any atom is -0.343 e. The van der Waals surface area contributed by atoms with E-state index < -0.39 is 0 Å². The van der Waals surface area contributed by atoms with Crippen molar-refractivity contribution >= 4 is 35.0 Å². The fourth-order valence-corrected chi connectivity index (χ4v) is 4.47. The van der Waals surface area contributed by atoms with E-state index in [-0.39, 0.29) is 29.4 Å². The fourth-order valence-electron chi connectivity index (χ4n) is 3.98. The van der Waals surface area contributed by atoms with Crippen LogP contribution in [0.3, 0.4) is 0 Å². The van der Waals surface area contributed by atoms with E-state index in [1.165, 1.54) is 11.6 Å². The predicted molar refractivity (Wildman–Crippen MR) is 113 cm³/mol. The van der Waals surface area contributed by atoms with Crippen LogP contribution in [0.1, 0.15) is 48.0 Å². The van der Waals surface area contributed by atoms with Gasteiger partial charge in [-0.2, -0.15) is 0 Å². The lowest BCUT2D eigenvalue weighted by atomic mass is 9.87. The molecule has 1 fully saturated rings. The van der Waals surface area contributed by atoms with E-state index in [1.54, 1.807) is 12.1 Å². The number of hydrogen-bond acceptors (Lipinski definition) is 2. The van der Waals surface area contributed by atoms with Gasteiger partial charge in [0, 0.05) is 23.5 Å². The fraction of sp³-hybridized carbons (Fsp3) is 0.364. The van der Waals surface area contributed by atoms with Gasteiger partial charge in [-0.15, -0.1) is 0 Å². The zero-order valence-electron chi connectivity index (χ0n) is 15.8. The largest absolute Gasteiger partial charge is 0.343 e. The number of likely N-dealkylation sites (tertiary alicyclic amines) is 1. The zero-order chi connectivity index (χ0) is 20.1. The van der Waals surface area contributed by atoms with Crippen molar-refractivity contribution in [3.8, 4) is 0 Å². The molecule has 1 heterocycles. The molecule has 0 unspecified atom stereocenters. The van der Waals surface area contributed by atoms with Gasteiger partial charge in [0.15, 0.2) is 0 Å². The first kappa shape index (κ1) is 20.7. The first-order chi connectivity index (χ1) is 13.5. The Morgan fingerprint density at radius 1 is 1.18 bits per heavy atom. The van der Waals surface area contributed by atoms with Crippen molar-refractivity contribution in [3.63, 3.8) is 0 Å². The molecule has 0 spiro atoms. The van der Waals surface area contributed by atoms with Crippen LogP contribution in [0.2, 0.25) is 10.0 Å². The molecule has 0 aromatic heterocycles. The molecular formula is C22H24Cl2N2O2. The summed E-state index contributed by atoms with van der Waals surface area (Å²) in [6.45, 7) is 2.84. The third-order valence-electron chi connectivity index (χ3n) is 5.33. The summed E-state index contributed by atoms with van der Waals surface area (Å²) in [6, 6.07) is 15.2. The second kappa shape index (κ2) is 9.44.